The minimum Gasteiger partial charge on any atom is -0.348 e. The third kappa shape index (κ3) is 3.25. The predicted molar refractivity (Wildman–Crippen MR) is 101 cm³/mol. The summed E-state index contributed by atoms with van der Waals surface area (Å²) in [7, 11) is 0. The summed E-state index contributed by atoms with van der Waals surface area (Å²) < 4.78 is 1.38. The van der Waals surface area contributed by atoms with Crippen LogP contribution in [0.5, 0.6) is 0 Å². The molecule has 26 heavy (non-hydrogen) atoms. The van der Waals surface area contributed by atoms with E-state index >= 15 is 0 Å². The first kappa shape index (κ1) is 16.5. The van der Waals surface area contributed by atoms with Gasteiger partial charge in [-0.15, -0.1) is 0 Å². The van der Waals surface area contributed by atoms with Gasteiger partial charge in [0.1, 0.15) is 0 Å². The Morgan fingerprint density at radius 1 is 1.12 bits per heavy atom. The first-order valence-electron chi connectivity index (χ1n) is 8.98. The number of amides is 1. The van der Waals surface area contributed by atoms with Crippen LogP contribution in [-0.4, -0.2) is 21.7 Å². The van der Waals surface area contributed by atoms with Crippen LogP contribution in [0.25, 0.3) is 10.8 Å². The Bertz CT molecular complexity index is 1010. The molecule has 1 N–H and O–H groups in total. The molecule has 1 amide bonds. The summed E-state index contributed by atoms with van der Waals surface area (Å²) >= 11 is 0. The smallest absolute Gasteiger partial charge is 0.274 e. The van der Waals surface area contributed by atoms with Crippen molar-refractivity contribution in [1.29, 1.82) is 0 Å². The summed E-state index contributed by atoms with van der Waals surface area (Å²) in [5.41, 5.74) is 1.09. The molecule has 4 rings (SSSR count). The highest BCUT2D eigenvalue weighted by molar-refractivity contribution is 6.04. The minimum absolute atomic E-state index is 0.123. The molecule has 0 saturated heterocycles. The normalized spacial score (nSPS) is 15.0. The van der Waals surface area contributed by atoms with Crippen molar-refractivity contribution in [3.05, 3.63) is 76.2 Å². The Morgan fingerprint density at radius 3 is 2.46 bits per heavy atom. The van der Waals surface area contributed by atoms with Gasteiger partial charge in [0.2, 0.25) is 0 Å². The predicted octanol–water partition coefficient (Wildman–Crippen LogP) is 2.97. The van der Waals surface area contributed by atoms with Gasteiger partial charge in [0, 0.05) is 11.4 Å². The van der Waals surface area contributed by atoms with Gasteiger partial charge in [-0.2, -0.15) is 5.10 Å². The van der Waals surface area contributed by atoms with Crippen LogP contribution in [0.4, 0.5) is 0 Å². The van der Waals surface area contributed by atoms with Gasteiger partial charge in [-0.3, -0.25) is 9.59 Å². The fourth-order valence-corrected chi connectivity index (χ4v) is 3.26. The number of benzene rings is 2. The second kappa shape index (κ2) is 6.75. The average molecular weight is 347 g/mol. The van der Waals surface area contributed by atoms with Gasteiger partial charge < -0.3 is 5.32 Å². The van der Waals surface area contributed by atoms with Gasteiger partial charge in [-0.05, 0) is 37.3 Å². The molecular weight excluding hydrogens is 326 g/mol. The van der Waals surface area contributed by atoms with E-state index in [0.717, 1.165) is 18.4 Å². The van der Waals surface area contributed by atoms with Crippen molar-refractivity contribution in [2.45, 2.75) is 32.4 Å². The molecule has 1 heterocycles. The maximum absolute atomic E-state index is 12.8. The largest absolute Gasteiger partial charge is 0.348 e. The molecule has 3 aromatic rings. The van der Waals surface area contributed by atoms with Gasteiger partial charge in [0.25, 0.3) is 11.5 Å². The third-order valence-corrected chi connectivity index (χ3v) is 4.95. The number of rotatable bonds is 5. The Balaban J connectivity index is 1.76. The Labute approximate surface area is 151 Å². The summed E-state index contributed by atoms with van der Waals surface area (Å²) in [5, 5.41) is 8.58. The first-order valence-corrected chi connectivity index (χ1v) is 8.98. The van der Waals surface area contributed by atoms with E-state index in [9.17, 15) is 9.59 Å². The number of nitrogens with one attached hydrogen (secondary N) is 1. The zero-order valence-corrected chi connectivity index (χ0v) is 14.7. The number of aromatic nitrogens is 2. The van der Waals surface area contributed by atoms with Crippen molar-refractivity contribution in [2.75, 3.05) is 0 Å². The van der Waals surface area contributed by atoms with E-state index in [0.29, 0.717) is 28.9 Å². The maximum Gasteiger partial charge on any atom is 0.274 e. The molecular formula is C21H21N3O2. The number of carbonyl (C=O) groups excluding carboxylic acids is 1. The Hall–Kier alpha value is -2.95. The lowest BCUT2D eigenvalue weighted by Crippen LogP contribution is -2.36. The van der Waals surface area contributed by atoms with Crippen molar-refractivity contribution in [3.8, 4) is 0 Å². The van der Waals surface area contributed by atoms with Crippen LogP contribution >= 0.6 is 0 Å². The second-order valence-corrected chi connectivity index (χ2v) is 6.94. The highest BCUT2D eigenvalue weighted by Gasteiger charge is 2.30. The number of nitrogens with zero attached hydrogens (tertiary/aromatic N) is 2. The van der Waals surface area contributed by atoms with Crippen LogP contribution in [0, 0.1) is 5.92 Å². The van der Waals surface area contributed by atoms with E-state index < -0.39 is 0 Å². The van der Waals surface area contributed by atoms with E-state index in [2.05, 4.69) is 10.4 Å². The van der Waals surface area contributed by atoms with E-state index in [-0.39, 0.29) is 17.5 Å². The molecule has 0 bridgehead atoms. The summed E-state index contributed by atoms with van der Waals surface area (Å²) in [4.78, 5) is 25.6. The van der Waals surface area contributed by atoms with Crippen molar-refractivity contribution in [3.63, 3.8) is 0 Å². The quantitative estimate of drug-likeness (QED) is 0.772. The molecule has 1 aliphatic rings. The van der Waals surface area contributed by atoms with E-state index in [4.69, 9.17) is 0 Å². The molecule has 0 aliphatic heterocycles. The number of hydrogen-bond acceptors (Lipinski definition) is 3. The molecule has 0 radical (unpaired) electrons. The summed E-state index contributed by atoms with van der Waals surface area (Å²) in [6.07, 6.45) is 2.31. The lowest BCUT2D eigenvalue weighted by atomic mass is 10.1. The van der Waals surface area contributed by atoms with Crippen molar-refractivity contribution >= 4 is 16.7 Å². The summed E-state index contributed by atoms with van der Waals surface area (Å²) in [6, 6.07) is 17.0. The molecule has 2 aromatic carbocycles. The van der Waals surface area contributed by atoms with E-state index in [1.165, 1.54) is 4.68 Å². The van der Waals surface area contributed by atoms with Crippen molar-refractivity contribution in [1.82, 2.24) is 15.1 Å². The zero-order chi connectivity index (χ0) is 18.1. The maximum atomic E-state index is 12.8. The molecule has 1 fully saturated rings. The van der Waals surface area contributed by atoms with E-state index in [1.807, 2.05) is 49.4 Å². The Morgan fingerprint density at radius 2 is 1.77 bits per heavy atom. The van der Waals surface area contributed by atoms with Crippen LogP contribution in [0.2, 0.25) is 0 Å². The summed E-state index contributed by atoms with van der Waals surface area (Å²) in [5.74, 6) is 0.336. The van der Waals surface area contributed by atoms with Gasteiger partial charge in [-0.25, -0.2) is 4.68 Å². The van der Waals surface area contributed by atoms with Crippen LogP contribution in [0.15, 0.2) is 59.4 Å². The monoisotopic (exact) mass is 347 g/mol. The summed E-state index contributed by atoms with van der Waals surface area (Å²) in [6.45, 7) is 2.36. The molecule has 1 saturated carbocycles. The standard InChI is InChI=1S/C21H21N3O2/c1-14(16-11-12-16)22-20(25)19-17-9-5-6-10-18(17)21(26)24(23-19)13-15-7-3-2-4-8-15/h2-10,14,16H,11-13H2,1H3,(H,22,25)/t14-/m0/s1. The third-order valence-electron chi connectivity index (χ3n) is 4.95. The Kier molecular flexibility index (Phi) is 4.29. The van der Waals surface area contributed by atoms with Crippen molar-refractivity contribution in [2.24, 2.45) is 5.92 Å². The highest BCUT2D eigenvalue weighted by Crippen LogP contribution is 2.32. The topological polar surface area (TPSA) is 64.0 Å². The molecule has 0 unspecified atom stereocenters. The van der Waals surface area contributed by atoms with Crippen LogP contribution in [0.1, 0.15) is 35.8 Å². The second-order valence-electron chi connectivity index (χ2n) is 6.94. The fourth-order valence-electron chi connectivity index (χ4n) is 3.26. The molecule has 1 atom stereocenters. The van der Waals surface area contributed by atoms with Gasteiger partial charge in [0.15, 0.2) is 5.69 Å². The van der Waals surface area contributed by atoms with Crippen LogP contribution in [0.3, 0.4) is 0 Å². The minimum atomic E-state index is -0.220. The fraction of sp³-hybridized carbons (Fsp3) is 0.286. The number of carbonyl (C=O) groups is 1. The SMILES string of the molecule is C[C@H](NC(=O)c1nn(Cc2ccccc2)c(=O)c2ccccc12)C1CC1. The van der Waals surface area contributed by atoms with Gasteiger partial charge >= 0.3 is 0 Å². The van der Waals surface area contributed by atoms with Crippen LogP contribution < -0.4 is 10.9 Å². The highest BCUT2D eigenvalue weighted by atomic mass is 16.2. The molecule has 0 spiro atoms. The lowest BCUT2D eigenvalue weighted by Gasteiger charge is -2.15. The van der Waals surface area contributed by atoms with Gasteiger partial charge in [0.05, 0.1) is 11.9 Å². The molecule has 5 heteroatoms. The van der Waals surface area contributed by atoms with Gasteiger partial charge in [-0.1, -0.05) is 48.5 Å². The molecule has 5 nitrogen and oxygen atoms in total. The number of fused-ring (bicyclic) bond motifs is 1. The molecule has 1 aliphatic carbocycles. The first-order chi connectivity index (χ1) is 12.6. The lowest BCUT2D eigenvalue weighted by molar-refractivity contribution is 0.0930. The van der Waals surface area contributed by atoms with E-state index in [1.54, 1.807) is 12.1 Å². The molecule has 132 valence electrons. The zero-order valence-electron chi connectivity index (χ0n) is 14.7. The average Bonchev–Trinajstić information content (AvgIpc) is 3.50. The molecule has 1 aromatic heterocycles. The van der Waals surface area contributed by atoms with Crippen LogP contribution in [-0.2, 0) is 6.54 Å². The number of hydrogen-bond donors (Lipinski definition) is 1. The van der Waals surface area contributed by atoms with Crippen molar-refractivity contribution < 1.29 is 4.79 Å².